The van der Waals surface area contributed by atoms with E-state index in [1.165, 1.54) is 0 Å². The second kappa shape index (κ2) is 5.20. The molecule has 5 nitrogen and oxygen atoms in total. The number of nitrogens with two attached hydrogens (primary N) is 1. The van der Waals surface area contributed by atoms with E-state index in [1.807, 2.05) is 0 Å². The molecule has 0 saturated carbocycles. The van der Waals surface area contributed by atoms with Crippen molar-refractivity contribution in [1.29, 1.82) is 0 Å². The Kier molecular flexibility index (Phi) is 4.24. The number of rotatable bonds is 3. The monoisotopic (exact) mass is 279 g/mol. The molecule has 1 unspecified atom stereocenters. The van der Waals surface area contributed by atoms with Gasteiger partial charge in [-0.15, -0.1) is 0 Å². The minimum Gasteiger partial charge on any atom is -0.459 e. The lowest BCUT2D eigenvalue weighted by molar-refractivity contribution is -0.156. The first kappa shape index (κ1) is 15.5. The molecule has 0 spiro atoms. The quantitative estimate of drug-likeness (QED) is 0.853. The van der Waals surface area contributed by atoms with Gasteiger partial charge >= 0.3 is 12.1 Å². The molecule has 108 valence electrons. The van der Waals surface area contributed by atoms with E-state index in [2.05, 4.69) is 5.10 Å². The zero-order valence-electron chi connectivity index (χ0n) is 10.9. The van der Waals surface area contributed by atoms with Gasteiger partial charge in [-0.2, -0.15) is 18.3 Å². The summed E-state index contributed by atoms with van der Waals surface area (Å²) < 4.78 is 43.0. The summed E-state index contributed by atoms with van der Waals surface area (Å²) in [6.45, 7) is 4.85. The molecule has 1 atom stereocenters. The van der Waals surface area contributed by atoms with Crippen LogP contribution in [0.2, 0.25) is 0 Å². The van der Waals surface area contributed by atoms with E-state index in [-0.39, 0.29) is 6.54 Å². The van der Waals surface area contributed by atoms with E-state index < -0.39 is 29.5 Å². The van der Waals surface area contributed by atoms with Crippen molar-refractivity contribution < 1.29 is 22.7 Å². The molecule has 1 aromatic heterocycles. The van der Waals surface area contributed by atoms with Gasteiger partial charge in [0.2, 0.25) is 0 Å². The molecule has 8 heteroatoms. The van der Waals surface area contributed by atoms with Gasteiger partial charge in [-0.05, 0) is 26.8 Å². The van der Waals surface area contributed by atoms with Crippen LogP contribution in [0.5, 0.6) is 0 Å². The molecular formula is C11H16F3N3O2. The molecule has 1 rings (SSSR count). The van der Waals surface area contributed by atoms with Gasteiger partial charge < -0.3 is 10.5 Å². The molecule has 0 saturated heterocycles. The average Bonchev–Trinajstić information content (AvgIpc) is 2.62. The van der Waals surface area contributed by atoms with Gasteiger partial charge in [0.15, 0.2) is 5.69 Å². The predicted molar refractivity (Wildman–Crippen MR) is 61.0 cm³/mol. The Balaban J connectivity index is 2.65. The van der Waals surface area contributed by atoms with E-state index in [4.69, 9.17) is 10.5 Å². The predicted octanol–water partition coefficient (Wildman–Crippen LogP) is 1.57. The third-order valence-corrected chi connectivity index (χ3v) is 2.02. The van der Waals surface area contributed by atoms with Crippen molar-refractivity contribution in [2.75, 3.05) is 0 Å². The van der Waals surface area contributed by atoms with Crippen LogP contribution in [0.3, 0.4) is 0 Å². The van der Waals surface area contributed by atoms with Crippen LogP contribution >= 0.6 is 0 Å². The molecule has 1 heterocycles. The third-order valence-electron chi connectivity index (χ3n) is 2.02. The molecular weight excluding hydrogens is 263 g/mol. The summed E-state index contributed by atoms with van der Waals surface area (Å²) in [7, 11) is 0. The summed E-state index contributed by atoms with van der Waals surface area (Å²) in [4.78, 5) is 11.6. The zero-order valence-corrected chi connectivity index (χ0v) is 10.9. The minimum atomic E-state index is -4.51. The van der Waals surface area contributed by atoms with Crippen molar-refractivity contribution in [2.24, 2.45) is 5.73 Å². The number of nitrogens with zero attached hydrogens (tertiary/aromatic N) is 2. The highest BCUT2D eigenvalue weighted by Crippen LogP contribution is 2.27. The van der Waals surface area contributed by atoms with E-state index in [0.717, 1.165) is 16.9 Å². The molecule has 0 amide bonds. The number of halogens is 3. The Morgan fingerprint density at radius 1 is 1.47 bits per heavy atom. The fourth-order valence-electron chi connectivity index (χ4n) is 1.27. The Morgan fingerprint density at radius 2 is 2.05 bits per heavy atom. The van der Waals surface area contributed by atoms with Crippen LogP contribution < -0.4 is 5.73 Å². The van der Waals surface area contributed by atoms with E-state index in [9.17, 15) is 18.0 Å². The Morgan fingerprint density at radius 3 is 2.47 bits per heavy atom. The van der Waals surface area contributed by atoms with Crippen molar-refractivity contribution in [3.8, 4) is 0 Å². The molecule has 0 bridgehead atoms. The zero-order chi connectivity index (χ0) is 14.8. The van der Waals surface area contributed by atoms with Crippen LogP contribution in [-0.2, 0) is 22.3 Å². The number of carbonyl (C=O) groups is 1. The lowest BCUT2D eigenvalue weighted by Crippen LogP contribution is -2.40. The molecule has 0 aliphatic carbocycles. The summed E-state index contributed by atoms with van der Waals surface area (Å²) in [5.74, 6) is -0.684. The van der Waals surface area contributed by atoms with Crippen LogP contribution in [0, 0.1) is 0 Å². The molecule has 2 N–H and O–H groups in total. The van der Waals surface area contributed by atoms with Crippen molar-refractivity contribution >= 4 is 5.97 Å². The Labute approximate surface area is 108 Å². The molecule has 0 aromatic carbocycles. The first-order valence-electron chi connectivity index (χ1n) is 5.58. The van der Waals surface area contributed by atoms with Crippen molar-refractivity contribution in [3.05, 3.63) is 18.0 Å². The first-order chi connectivity index (χ1) is 8.49. The highest BCUT2D eigenvalue weighted by atomic mass is 19.4. The van der Waals surface area contributed by atoms with Crippen LogP contribution in [0.25, 0.3) is 0 Å². The third kappa shape index (κ3) is 4.90. The fourth-order valence-corrected chi connectivity index (χ4v) is 1.27. The maximum absolute atomic E-state index is 12.3. The molecule has 19 heavy (non-hydrogen) atoms. The van der Waals surface area contributed by atoms with Crippen LogP contribution in [0.1, 0.15) is 26.5 Å². The number of ether oxygens (including phenoxy) is 1. The normalized spacial score (nSPS) is 14.3. The molecule has 0 fully saturated rings. The maximum atomic E-state index is 12.3. The van der Waals surface area contributed by atoms with Gasteiger partial charge in [0.05, 0.1) is 6.54 Å². The number of alkyl halides is 3. The number of esters is 1. The van der Waals surface area contributed by atoms with E-state index in [1.54, 1.807) is 20.8 Å². The van der Waals surface area contributed by atoms with Crippen molar-refractivity contribution in [1.82, 2.24) is 9.78 Å². The molecule has 0 aliphatic rings. The number of carbonyl (C=O) groups excluding carboxylic acids is 1. The Hall–Kier alpha value is -1.57. The number of hydrogen-bond acceptors (Lipinski definition) is 4. The maximum Gasteiger partial charge on any atom is 0.435 e. The van der Waals surface area contributed by atoms with Gasteiger partial charge in [-0.1, -0.05) is 0 Å². The standard InChI is InChI=1S/C11H16F3N3O2/c1-10(2,3)19-9(18)7(15)6-17-5-4-8(16-17)11(12,13)14/h4-5,7H,6,15H2,1-3H3. The molecule has 0 aliphatic heterocycles. The van der Waals surface area contributed by atoms with E-state index >= 15 is 0 Å². The molecule has 1 aromatic rings. The van der Waals surface area contributed by atoms with Crippen molar-refractivity contribution in [3.63, 3.8) is 0 Å². The highest BCUT2D eigenvalue weighted by molar-refractivity contribution is 5.75. The lowest BCUT2D eigenvalue weighted by Gasteiger charge is -2.22. The summed E-state index contributed by atoms with van der Waals surface area (Å²) in [6, 6.07) is -0.248. The second-order valence-corrected chi connectivity index (χ2v) is 5.06. The minimum absolute atomic E-state index is 0.176. The second-order valence-electron chi connectivity index (χ2n) is 5.06. The lowest BCUT2D eigenvalue weighted by atomic mass is 10.2. The van der Waals surface area contributed by atoms with E-state index in [0.29, 0.717) is 0 Å². The van der Waals surface area contributed by atoms with Gasteiger partial charge in [-0.25, -0.2) is 0 Å². The number of hydrogen-bond donors (Lipinski definition) is 1. The SMILES string of the molecule is CC(C)(C)OC(=O)C(N)Cn1ccc(C(F)(F)F)n1. The fraction of sp³-hybridized carbons (Fsp3) is 0.636. The van der Waals surface area contributed by atoms with Crippen LogP contribution in [0.15, 0.2) is 12.3 Å². The van der Waals surface area contributed by atoms with Gasteiger partial charge in [0.25, 0.3) is 0 Å². The van der Waals surface area contributed by atoms with Crippen molar-refractivity contribution in [2.45, 2.75) is 45.1 Å². The smallest absolute Gasteiger partial charge is 0.435 e. The first-order valence-corrected chi connectivity index (χ1v) is 5.58. The number of aromatic nitrogens is 2. The largest absolute Gasteiger partial charge is 0.459 e. The average molecular weight is 279 g/mol. The van der Waals surface area contributed by atoms with Gasteiger partial charge in [-0.3, -0.25) is 9.48 Å². The molecule has 0 radical (unpaired) electrons. The summed E-state index contributed by atoms with van der Waals surface area (Å²) in [5.41, 5.74) is 3.84. The highest BCUT2D eigenvalue weighted by Gasteiger charge is 2.33. The summed E-state index contributed by atoms with van der Waals surface area (Å²) in [6.07, 6.45) is -3.39. The summed E-state index contributed by atoms with van der Waals surface area (Å²) >= 11 is 0. The van der Waals surface area contributed by atoms with Crippen LogP contribution in [-0.4, -0.2) is 27.4 Å². The Bertz CT molecular complexity index is 449. The summed E-state index contributed by atoms with van der Waals surface area (Å²) in [5, 5.41) is 3.30. The topological polar surface area (TPSA) is 70.1 Å². The van der Waals surface area contributed by atoms with Gasteiger partial charge in [0, 0.05) is 6.20 Å². The van der Waals surface area contributed by atoms with Crippen LogP contribution in [0.4, 0.5) is 13.2 Å². The van der Waals surface area contributed by atoms with Gasteiger partial charge in [0.1, 0.15) is 11.6 Å².